The molecule has 4 nitrogen and oxygen atoms in total. The molecule has 0 saturated carbocycles. The Labute approximate surface area is 99.7 Å². The van der Waals surface area contributed by atoms with E-state index in [0.29, 0.717) is 5.56 Å². The molecule has 2 N–H and O–H groups in total. The van der Waals surface area contributed by atoms with E-state index in [0.717, 1.165) is 5.56 Å². The molecule has 0 bridgehead atoms. The third-order valence-corrected chi connectivity index (χ3v) is 2.24. The highest BCUT2D eigenvalue weighted by Crippen LogP contribution is 2.04. The number of hydrogen-bond donors (Lipinski definition) is 2. The lowest BCUT2D eigenvalue weighted by atomic mass is 10.1. The van der Waals surface area contributed by atoms with Crippen molar-refractivity contribution in [2.75, 3.05) is 0 Å². The zero-order chi connectivity index (χ0) is 12.8. The van der Waals surface area contributed by atoms with Crippen molar-refractivity contribution in [3.05, 3.63) is 35.4 Å². The topological polar surface area (TPSA) is 66.4 Å². The number of nitrogens with one attached hydrogen (secondary N) is 1. The van der Waals surface area contributed by atoms with Crippen molar-refractivity contribution in [1.29, 1.82) is 0 Å². The summed E-state index contributed by atoms with van der Waals surface area (Å²) in [6, 6.07) is 5.80. The smallest absolute Gasteiger partial charge is 0.327 e. The molecular weight excluding hydrogens is 218 g/mol. The number of terminal acetylenes is 1. The Morgan fingerprint density at radius 2 is 2.00 bits per heavy atom. The number of aliphatic carboxylic acids is 1. The maximum absolute atomic E-state index is 11.7. The summed E-state index contributed by atoms with van der Waals surface area (Å²) >= 11 is 0. The molecule has 1 atom stereocenters. The highest BCUT2D eigenvalue weighted by atomic mass is 16.4. The van der Waals surface area contributed by atoms with Crippen LogP contribution in [-0.4, -0.2) is 23.0 Å². The number of amides is 1. The minimum Gasteiger partial charge on any atom is -0.480 e. The van der Waals surface area contributed by atoms with Crippen LogP contribution in [0.4, 0.5) is 0 Å². The van der Waals surface area contributed by atoms with Gasteiger partial charge in [0.15, 0.2) is 0 Å². The molecule has 0 radical (unpaired) electrons. The Hall–Kier alpha value is -2.28. The van der Waals surface area contributed by atoms with Crippen molar-refractivity contribution in [2.24, 2.45) is 0 Å². The summed E-state index contributed by atoms with van der Waals surface area (Å²) in [5.41, 5.74) is 1.44. The summed E-state index contributed by atoms with van der Waals surface area (Å²) in [6.45, 7) is 1.90. The van der Waals surface area contributed by atoms with Gasteiger partial charge in [-0.15, -0.1) is 12.3 Å². The normalized spacial score (nSPS) is 11.3. The number of carboxylic acids is 1. The van der Waals surface area contributed by atoms with Gasteiger partial charge in [0, 0.05) is 12.0 Å². The third-order valence-electron chi connectivity index (χ3n) is 2.24. The van der Waals surface area contributed by atoms with Gasteiger partial charge in [0.2, 0.25) is 0 Å². The van der Waals surface area contributed by atoms with Crippen molar-refractivity contribution in [3.8, 4) is 12.3 Å². The lowest BCUT2D eigenvalue weighted by molar-refractivity contribution is -0.139. The van der Waals surface area contributed by atoms with Gasteiger partial charge in [-0.2, -0.15) is 0 Å². The summed E-state index contributed by atoms with van der Waals surface area (Å²) < 4.78 is 0. The van der Waals surface area contributed by atoms with E-state index in [2.05, 4.69) is 11.2 Å². The number of rotatable bonds is 4. The van der Waals surface area contributed by atoms with Gasteiger partial charge in [-0.05, 0) is 19.1 Å². The zero-order valence-corrected chi connectivity index (χ0v) is 9.43. The first-order valence-corrected chi connectivity index (χ1v) is 5.08. The fourth-order valence-corrected chi connectivity index (χ4v) is 1.26. The lowest BCUT2D eigenvalue weighted by Gasteiger charge is -2.11. The van der Waals surface area contributed by atoms with Gasteiger partial charge in [0.05, 0.1) is 0 Å². The minimum absolute atomic E-state index is 0.0348. The summed E-state index contributed by atoms with van der Waals surface area (Å²) in [6.07, 6.45) is 5.00. The molecule has 1 aromatic carbocycles. The summed E-state index contributed by atoms with van der Waals surface area (Å²) in [7, 11) is 0. The molecule has 0 heterocycles. The molecule has 1 aromatic rings. The molecule has 1 rings (SSSR count). The van der Waals surface area contributed by atoms with E-state index in [1.807, 2.05) is 6.92 Å². The SMILES string of the molecule is C#CCC(NC(=O)c1ccc(C)cc1)C(=O)O. The first kappa shape index (κ1) is 12.8. The molecule has 1 unspecified atom stereocenters. The molecule has 0 aliphatic heterocycles. The van der Waals surface area contributed by atoms with Crippen LogP contribution in [-0.2, 0) is 4.79 Å². The van der Waals surface area contributed by atoms with Crippen molar-refractivity contribution in [3.63, 3.8) is 0 Å². The fourth-order valence-electron chi connectivity index (χ4n) is 1.26. The Balaban J connectivity index is 2.74. The molecule has 0 aromatic heterocycles. The average Bonchev–Trinajstić information content (AvgIpc) is 2.29. The number of hydrogen-bond acceptors (Lipinski definition) is 2. The van der Waals surface area contributed by atoms with Crippen LogP contribution in [0.2, 0.25) is 0 Å². The van der Waals surface area contributed by atoms with Gasteiger partial charge < -0.3 is 10.4 Å². The van der Waals surface area contributed by atoms with Gasteiger partial charge in [0.25, 0.3) is 5.91 Å². The maximum atomic E-state index is 11.7. The highest BCUT2D eigenvalue weighted by Gasteiger charge is 2.19. The molecule has 0 fully saturated rings. The number of carbonyl (C=O) groups is 2. The van der Waals surface area contributed by atoms with Crippen molar-refractivity contribution in [2.45, 2.75) is 19.4 Å². The minimum atomic E-state index is -1.14. The Kier molecular flexibility index (Phi) is 4.29. The van der Waals surface area contributed by atoms with Crippen LogP contribution in [0.3, 0.4) is 0 Å². The fraction of sp³-hybridized carbons (Fsp3) is 0.231. The molecule has 0 aliphatic carbocycles. The molecule has 0 saturated heterocycles. The summed E-state index contributed by atoms with van der Waals surface area (Å²) in [4.78, 5) is 22.5. The molecule has 4 heteroatoms. The first-order valence-electron chi connectivity index (χ1n) is 5.08. The van der Waals surface area contributed by atoms with E-state index >= 15 is 0 Å². The maximum Gasteiger partial charge on any atom is 0.327 e. The summed E-state index contributed by atoms with van der Waals surface area (Å²) in [5.74, 6) is 0.646. The Morgan fingerprint density at radius 3 is 2.47 bits per heavy atom. The number of aryl methyl sites for hydroxylation is 1. The number of benzene rings is 1. The average molecular weight is 231 g/mol. The second kappa shape index (κ2) is 5.71. The second-order valence-electron chi connectivity index (χ2n) is 3.64. The highest BCUT2D eigenvalue weighted by molar-refractivity contribution is 5.96. The van der Waals surface area contributed by atoms with E-state index in [9.17, 15) is 9.59 Å². The molecule has 0 aliphatic rings. The van der Waals surface area contributed by atoms with Crippen LogP contribution in [0.1, 0.15) is 22.3 Å². The van der Waals surface area contributed by atoms with Gasteiger partial charge >= 0.3 is 5.97 Å². The van der Waals surface area contributed by atoms with Gasteiger partial charge in [-0.25, -0.2) is 4.79 Å². The predicted octanol–water partition coefficient (Wildman–Crippen LogP) is 1.20. The van der Waals surface area contributed by atoms with E-state index in [1.165, 1.54) is 0 Å². The van der Waals surface area contributed by atoms with Crippen molar-refractivity contribution < 1.29 is 14.7 Å². The molecular formula is C13H13NO3. The van der Waals surface area contributed by atoms with Crippen LogP contribution in [0.5, 0.6) is 0 Å². The third kappa shape index (κ3) is 3.65. The van der Waals surface area contributed by atoms with E-state index in [-0.39, 0.29) is 6.42 Å². The van der Waals surface area contributed by atoms with Crippen LogP contribution in [0, 0.1) is 19.3 Å². The van der Waals surface area contributed by atoms with Crippen LogP contribution < -0.4 is 5.32 Å². The first-order chi connectivity index (χ1) is 8.04. The standard InChI is InChI=1S/C13H13NO3/c1-3-4-11(13(16)17)14-12(15)10-7-5-9(2)6-8-10/h1,5-8,11H,4H2,2H3,(H,14,15)(H,16,17). The molecule has 17 heavy (non-hydrogen) atoms. The van der Waals surface area contributed by atoms with Gasteiger partial charge in [-0.3, -0.25) is 4.79 Å². The van der Waals surface area contributed by atoms with Crippen LogP contribution >= 0.6 is 0 Å². The molecule has 1 amide bonds. The number of carbonyl (C=O) groups excluding carboxylic acids is 1. The van der Waals surface area contributed by atoms with Gasteiger partial charge in [-0.1, -0.05) is 17.7 Å². The Bertz CT molecular complexity index is 457. The van der Waals surface area contributed by atoms with Gasteiger partial charge in [0.1, 0.15) is 6.04 Å². The monoisotopic (exact) mass is 231 g/mol. The molecule has 88 valence electrons. The Morgan fingerprint density at radius 1 is 1.41 bits per heavy atom. The van der Waals surface area contributed by atoms with E-state index in [1.54, 1.807) is 24.3 Å². The van der Waals surface area contributed by atoms with Crippen molar-refractivity contribution in [1.82, 2.24) is 5.32 Å². The van der Waals surface area contributed by atoms with Crippen molar-refractivity contribution >= 4 is 11.9 Å². The quantitative estimate of drug-likeness (QED) is 0.765. The molecule has 0 spiro atoms. The van der Waals surface area contributed by atoms with Crippen LogP contribution in [0.25, 0.3) is 0 Å². The number of carboxylic acid groups (broad SMARTS) is 1. The largest absolute Gasteiger partial charge is 0.480 e. The van der Waals surface area contributed by atoms with E-state index in [4.69, 9.17) is 11.5 Å². The van der Waals surface area contributed by atoms with Crippen LogP contribution in [0.15, 0.2) is 24.3 Å². The van der Waals surface area contributed by atoms with E-state index < -0.39 is 17.9 Å². The lowest BCUT2D eigenvalue weighted by Crippen LogP contribution is -2.40. The zero-order valence-electron chi connectivity index (χ0n) is 9.43. The predicted molar refractivity (Wildman–Crippen MR) is 63.5 cm³/mol. The second-order valence-corrected chi connectivity index (χ2v) is 3.64. The summed E-state index contributed by atoms with van der Waals surface area (Å²) in [5, 5.41) is 11.2.